The van der Waals surface area contributed by atoms with Crippen molar-refractivity contribution in [3.63, 3.8) is 0 Å². The van der Waals surface area contributed by atoms with Crippen molar-refractivity contribution < 1.29 is 18.8 Å². The molecule has 1 atom stereocenters. The Morgan fingerprint density at radius 3 is 2.52 bits per heavy atom. The zero-order chi connectivity index (χ0) is 16.7. The number of ether oxygens (including phenoxy) is 2. The summed E-state index contributed by atoms with van der Waals surface area (Å²) in [6.45, 7) is 5.43. The first-order valence-corrected chi connectivity index (χ1v) is 10.2. The molecule has 5 nitrogen and oxygen atoms in total. The summed E-state index contributed by atoms with van der Waals surface area (Å²) in [6.07, 6.45) is 3.53. The van der Waals surface area contributed by atoms with Gasteiger partial charge < -0.3 is 14.0 Å². The van der Waals surface area contributed by atoms with Crippen molar-refractivity contribution in [2.24, 2.45) is 0 Å². The molecular formula is C17H26NO4P. The summed E-state index contributed by atoms with van der Waals surface area (Å²) >= 11 is 0. The lowest BCUT2D eigenvalue weighted by Crippen LogP contribution is -2.33. The van der Waals surface area contributed by atoms with Crippen LogP contribution < -0.4 is 10.0 Å². The summed E-state index contributed by atoms with van der Waals surface area (Å²) in [4.78, 5) is 11.9. The standard InChI is InChI=1S/C17H26NO4P/c1-3-21-15-8-10-16(11-9-15)23(20)13-7-5-6-12-18(23)14-17(19)22-4-2/h8-11H,3-7,12-14H2,1-2H3. The third-order valence-electron chi connectivity index (χ3n) is 4.00. The van der Waals surface area contributed by atoms with Crippen molar-refractivity contribution in [1.82, 2.24) is 4.67 Å². The second kappa shape index (κ2) is 8.51. The molecule has 1 saturated heterocycles. The summed E-state index contributed by atoms with van der Waals surface area (Å²) in [5, 5.41) is 0.798. The first kappa shape index (κ1) is 18.0. The highest BCUT2D eigenvalue weighted by molar-refractivity contribution is 7.69. The van der Waals surface area contributed by atoms with Crippen molar-refractivity contribution in [2.45, 2.75) is 33.1 Å². The number of rotatable bonds is 6. The second-order valence-corrected chi connectivity index (χ2v) is 8.54. The average molecular weight is 339 g/mol. The topological polar surface area (TPSA) is 55.8 Å². The lowest BCUT2D eigenvalue weighted by atomic mass is 10.2. The summed E-state index contributed by atoms with van der Waals surface area (Å²) in [7, 11) is -2.76. The van der Waals surface area contributed by atoms with E-state index in [2.05, 4.69) is 0 Å². The van der Waals surface area contributed by atoms with Gasteiger partial charge in [0.05, 0.1) is 13.2 Å². The van der Waals surface area contributed by atoms with Gasteiger partial charge in [-0.25, -0.2) is 4.67 Å². The first-order valence-electron chi connectivity index (χ1n) is 8.33. The van der Waals surface area contributed by atoms with Crippen molar-refractivity contribution in [1.29, 1.82) is 0 Å². The summed E-state index contributed by atoms with van der Waals surface area (Å²) in [5.41, 5.74) is 0. The number of hydrogen-bond acceptors (Lipinski definition) is 4. The minimum Gasteiger partial charge on any atom is -0.494 e. The molecule has 1 fully saturated rings. The van der Waals surface area contributed by atoms with E-state index in [4.69, 9.17) is 9.47 Å². The fourth-order valence-corrected chi connectivity index (χ4v) is 5.83. The quantitative estimate of drug-likeness (QED) is 0.589. The van der Waals surface area contributed by atoms with Crippen molar-refractivity contribution in [3.05, 3.63) is 24.3 Å². The fraction of sp³-hybridized carbons (Fsp3) is 0.588. The van der Waals surface area contributed by atoms with Gasteiger partial charge >= 0.3 is 5.97 Å². The van der Waals surface area contributed by atoms with E-state index in [1.807, 2.05) is 35.9 Å². The molecule has 0 aliphatic carbocycles. The Labute approximate surface area is 138 Å². The van der Waals surface area contributed by atoms with Crippen LogP contribution in [0.5, 0.6) is 5.75 Å². The number of hydrogen-bond donors (Lipinski definition) is 0. The number of carbonyl (C=O) groups is 1. The molecule has 1 aliphatic heterocycles. The molecule has 128 valence electrons. The maximum Gasteiger partial charge on any atom is 0.320 e. The van der Waals surface area contributed by atoms with E-state index in [1.165, 1.54) is 0 Å². The minimum absolute atomic E-state index is 0.0956. The molecule has 0 bridgehead atoms. The van der Waals surface area contributed by atoms with E-state index < -0.39 is 7.29 Å². The van der Waals surface area contributed by atoms with Gasteiger partial charge in [0.15, 0.2) is 7.29 Å². The van der Waals surface area contributed by atoms with Crippen LogP contribution in [0.15, 0.2) is 24.3 Å². The third-order valence-corrected chi connectivity index (χ3v) is 7.29. The van der Waals surface area contributed by atoms with Crippen LogP contribution in [0.1, 0.15) is 33.1 Å². The summed E-state index contributed by atoms with van der Waals surface area (Å²) in [6, 6.07) is 7.45. The van der Waals surface area contributed by atoms with Gasteiger partial charge in [-0.05, 0) is 51.0 Å². The summed E-state index contributed by atoms with van der Waals surface area (Å²) in [5.74, 6) is 0.468. The fourth-order valence-electron chi connectivity index (χ4n) is 2.88. The zero-order valence-electron chi connectivity index (χ0n) is 14.0. The number of carbonyl (C=O) groups excluding carboxylic acids is 1. The maximum absolute atomic E-state index is 13.7. The van der Waals surface area contributed by atoms with Crippen LogP contribution in [0.25, 0.3) is 0 Å². The lowest BCUT2D eigenvalue weighted by molar-refractivity contribution is -0.143. The molecule has 1 unspecified atom stereocenters. The summed E-state index contributed by atoms with van der Waals surface area (Å²) < 4.78 is 26.0. The van der Waals surface area contributed by atoms with Gasteiger partial charge in [0, 0.05) is 18.0 Å². The van der Waals surface area contributed by atoms with Gasteiger partial charge in [0.25, 0.3) is 0 Å². The zero-order valence-corrected chi connectivity index (χ0v) is 14.9. The van der Waals surface area contributed by atoms with Gasteiger partial charge in [-0.3, -0.25) is 4.79 Å². The largest absolute Gasteiger partial charge is 0.494 e. The SMILES string of the molecule is CCOC(=O)CN1CCCCCP1(=O)c1ccc(OCC)cc1. The highest BCUT2D eigenvalue weighted by atomic mass is 31.2. The van der Waals surface area contributed by atoms with Crippen LogP contribution in [0.2, 0.25) is 0 Å². The van der Waals surface area contributed by atoms with Gasteiger partial charge in [-0.1, -0.05) is 6.42 Å². The minimum atomic E-state index is -2.76. The van der Waals surface area contributed by atoms with Crippen LogP contribution in [-0.4, -0.2) is 43.1 Å². The van der Waals surface area contributed by atoms with E-state index in [-0.39, 0.29) is 12.5 Å². The van der Waals surface area contributed by atoms with Gasteiger partial charge in [0.2, 0.25) is 0 Å². The third kappa shape index (κ3) is 4.58. The molecular weight excluding hydrogens is 313 g/mol. The number of nitrogens with zero attached hydrogens (tertiary/aromatic N) is 1. The van der Waals surface area contributed by atoms with Crippen molar-refractivity contribution in [2.75, 3.05) is 32.5 Å². The van der Waals surface area contributed by atoms with Crippen LogP contribution in [0.4, 0.5) is 0 Å². The average Bonchev–Trinajstić information content (AvgIpc) is 2.72. The van der Waals surface area contributed by atoms with Gasteiger partial charge in [-0.15, -0.1) is 0 Å². The molecule has 1 aliphatic rings. The molecule has 0 N–H and O–H groups in total. The molecule has 1 heterocycles. The Kier molecular flexibility index (Phi) is 6.67. The Morgan fingerprint density at radius 1 is 1.13 bits per heavy atom. The van der Waals surface area contributed by atoms with E-state index in [1.54, 1.807) is 6.92 Å². The maximum atomic E-state index is 13.7. The van der Waals surface area contributed by atoms with Crippen molar-refractivity contribution in [3.8, 4) is 5.75 Å². The Bertz CT molecular complexity index is 558. The van der Waals surface area contributed by atoms with Crippen LogP contribution >= 0.6 is 7.29 Å². The van der Waals surface area contributed by atoms with E-state index in [9.17, 15) is 9.36 Å². The molecule has 0 spiro atoms. The predicted molar refractivity (Wildman–Crippen MR) is 91.8 cm³/mol. The van der Waals surface area contributed by atoms with Gasteiger partial charge in [-0.2, -0.15) is 0 Å². The highest BCUT2D eigenvalue weighted by Gasteiger charge is 2.35. The molecule has 1 aromatic rings. The molecule has 0 aromatic heterocycles. The van der Waals surface area contributed by atoms with Crippen LogP contribution in [0.3, 0.4) is 0 Å². The molecule has 1 aromatic carbocycles. The molecule has 0 saturated carbocycles. The molecule has 0 radical (unpaired) electrons. The van der Waals surface area contributed by atoms with Crippen LogP contribution in [-0.2, 0) is 14.1 Å². The van der Waals surface area contributed by atoms with Crippen molar-refractivity contribution >= 4 is 18.6 Å². The Balaban J connectivity index is 2.24. The highest BCUT2D eigenvalue weighted by Crippen LogP contribution is 2.51. The molecule has 0 amide bonds. The smallest absolute Gasteiger partial charge is 0.320 e. The monoisotopic (exact) mass is 339 g/mol. The van der Waals surface area contributed by atoms with Crippen LogP contribution in [0, 0.1) is 0 Å². The van der Waals surface area contributed by atoms with E-state index >= 15 is 0 Å². The molecule has 6 heteroatoms. The van der Waals surface area contributed by atoms with E-state index in [0.29, 0.717) is 25.9 Å². The Morgan fingerprint density at radius 2 is 1.87 bits per heavy atom. The lowest BCUT2D eigenvalue weighted by Gasteiger charge is -2.29. The first-order chi connectivity index (χ1) is 11.1. The molecule has 2 rings (SSSR count). The normalized spacial score (nSPS) is 22.3. The van der Waals surface area contributed by atoms with Gasteiger partial charge in [0.1, 0.15) is 12.3 Å². The second-order valence-electron chi connectivity index (χ2n) is 5.61. The Hall–Kier alpha value is -1.32. The number of esters is 1. The molecule has 23 heavy (non-hydrogen) atoms. The van der Waals surface area contributed by atoms with E-state index in [0.717, 1.165) is 30.3 Å². The predicted octanol–water partition coefficient (Wildman–Crippen LogP) is 3.04. The number of benzene rings is 1.